The summed E-state index contributed by atoms with van der Waals surface area (Å²) in [4.78, 5) is 14.1. The van der Waals surface area contributed by atoms with Crippen LogP contribution in [0.5, 0.6) is 0 Å². The Hall–Kier alpha value is -2.44. The van der Waals surface area contributed by atoms with Crippen LogP contribution in [0.15, 0.2) is 22.7 Å². The highest BCUT2D eigenvalue weighted by atomic mass is 19.1. The molecule has 1 N–H and O–H groups in total. The molecule has 0 saturated carbocycles. The minimum Gasteiger partial charge on any atom is -0.359 e. The highest BCUT2D eigenvalue weighted by Crippen LogP contribution is 2.34. The van der Waals surface area contributed by atoms with Crippen LogP contribution in [-0.2, 0) is 0 Å². The van der Waals surface area contributed by atoms with Crippen molar-refractivity contribution in [3.63, 3.8) is 0 Å². The Balaban J connectivity index is 1.82. The molecule has 1 atom stereocenters. The fourth-order valence-corrected chi connectivity index (χ4v) is 2.95. The van der Waals surface area contributed by atoms with E-state index in [0.717, 1.165) is 12.5 Å². The summed E-state index contributed by atoms with van der Waals surface area (Å²) in [6, 6.07) is 2.71. The molecule has 1 unspecified atom stereocenters. The lowest BCUT2D eigenvalue weighted by molar-refractivity contribution is 0.206. The van der Waals surface area contributed by atoms with Gasteiger partial charge in [-0.3, -0.25) is 0 Å². The zero-order valence-corrected chi connectivity index (χ0v) is 12.9. The Kier molecular flexibility index (Phi) is 4.02. The molecule has 5 nitrogen and oxygen atoms in total. The molecule has 0 radical (unpaired) electrons. The second-order valence-electron chi connectivity index (χ2n) is 5.65. The molecule has 2 amide bonds. The van der Waals surface area contributed by atoms with Crippen molar-refractivity contribution >= 4 is 11.7 Å². The van der Waals surface area contributed by atoms with E-state index >= 15 is 0 Å². The monoisotopic (exact) mass is 321 g/mol. The predicted molar refractivity (Wildman–Crippen MR) is 80.0 cm³/mol. The van der Waals surface area contributed by atoms with Crippen molar-refractivity contribution in [1.29, 1.82) is 0 Å². The van der Waals surface area contributed by atoms with Crippen molar-refractivity contribution in [3.05, 3.63) is 46.9 Å². The third kappa shape index (κ3) is 2.91. The molecule has 2 heterocycles. The number of halogens is 2. The van der Waals surface area contributed by atoms with Gasteiger partial charge in [0, 0.05) is 18.2 Å². The maximum atomic E-state index is 14.0. The standard InChI is InChI=1S/C16H17F2N3O2/c1-9-15(10(2)23-20-9)19-16(22)21-7-3-4-14(21)12-6-5-11(17)8-13(12)18/h5-6,8,14H,3-4,7H2,1-2H3,(H,19,22). The summed E-state index contributed by atoms with van der Waals surface area (Å²) < 4.78 is 32.1. The molecular formula is C16H17F2N3O2. The summed E-state index contributed by atoms with van der Waals surface area (Å²) in [6.45, 7) is 3.95. The van der Waals surface area contributed by atoms with Gasteiger partial charge in [-0.2, -0.15) is 0 Å². The van der Waals surface area contributed by atoms with Gasteiger partial charge in [-0.25, -0.2) is 13.6 Å². The highest BCUT2D eigenvalue weighted by Gasteiger charge is 2.32. The molecule has 122 valence electrons. The van der Waals surface area contributed by atoms with Crippen LogP contribution < -0.4 is 5.32 Å². The second-order valence-corrected chi connectivity index (χ2v) is 5.65. The van der Waals surface area contributed by atoms with Crippen molar-refractivity contribution < 1.29 is 18.1 Å². The minimum absolute atomic E-state index is 0.331. The maximum Gasteiger partial charge on any atom is 0.322 e. The Labute approximate surface area is 132 Å². The molecule has 0 bridgehead atoms. The molecule has 3 rings (SSSR count). The largest absolute Gasteiger partial charge is 0.359 e. The van der Waals surface area contributed by atoms with Crippen LogP contribution in [0.2, 0.25) is 0 Å². The zero-order valence-electron chi connectivity index (χ0n) is 12.9. The molecule has 1 aromatic carbocycles. The highest BCUT2D eigenvalue weighted by molar-refractivity contribution is 5.90. The smallest absolute Gasteiger partial charge is 0.322 e. The molecule has 23 heavy (non-hydrogen) atoms. The lowest BCUT2D eigenvalue weighted by Gasteiger charge is -2.25. The van der Waals surface area contributed by atoms with E-state index in [4.69, 9.17) is 4.52 Å². The van der Waals surface area contributed by atoms with Gasteiger partial charge in [0.1, 0.15) is 23.0 Å². The van der Waals surface area contributed by atoms with Gasteiger partial charge >= 0.3 is 6.03 Å². The van der Waals surface area contributed by atoms with Crippen molar-refractivity contribution in [2.24, 2.45) is 0 Å². The first kappa shape index (κ1) is 15.5. The van der Waals surface area contributed by atoms with Crippen LogP contribution in [0.3, 0.4) is 0 Å². The topological polar surface area (TPSA) is 58.4 Å². The Morgan fingerprint density at radius 3 is 2.83 bits per heavy atom. The molecule has 1 aromatic heterocycles. The number of rotatable bonds is 2. The van der Waals surface area contributed by atoms with Crippen LogP contribution in [0.25, 0.3) is 0 Å². The number of benzene rings is 1. The van der Waals surface area contributed by atoms with Crippen molar-refractivity contribution in [1.82, 2.24) is 10.1 Å². The van der Waals surface area contributed by atoms with Crippen LogP contribution >= 0.6 is 0 Å². The fourth-order valence-electron chi connectivity index (χ4n) is 2.95. The first-order valence-corrected chi connectivity index (χ1v) is 7.43. The predicted octanol–water partition coefficient (Wildman–Crippen LogP) is 3.94. The number of urea groups is 1. The van der Waals surface area contributed by atoms with E-state index in [1.54, 1.807) is 18.7 Å². The molecule has 1 fully saturated rings. The summed E-state index contributed by atoms with van der Waals surface area (Å²) in [7, 11) is 0. The second kappa shape index (κ2) is 5.98. The fraction of sp³-hybridized carbons (Fsp3) is 0.375. The molecule has 1 saturated heterocycles. The third-order valence-electron chi connectivity index (χ3n) is 4.10. The lowest BCUT2D eigenvalue weighted by Crippen LogP contribution is -2.35. The van der Waals surface area contributed by atoms with Crippen LogP contribution in [0, 0.1) is 25.5 Å². The van der Waals surface area contributed by atoms with Crippen LogP contribution in [0.4, 0.5) is 19.3 Å². The van der Waals surface area contributed by atoms with E-state index in [1.807, 2.05) is 0 Å². The van der Waals surface area contributed by atoms with E-state index in [0.29, 0.717) is 35.7 Å². The van der Waals surface area contributed by atoms with Gasteiger partial charge in [0.05, 0.1) is 6.04 Å². The number of hydrogen-bond acceptors (Lipinski definition) is 3. The van der Waals surface area contributed by atoms with Gasteiger partial charge < -0.3 is 14.7 Å². The Morgan fingerprint density at radius 2 is 2.17 bits per heavy atom. The van der Waals surface area contributed by atoms with E-state index in [1.165, 1.54) is 12.1 Å². The number of nitrogens with one attached hydrogen (secondary N) is 1. The molecule has 1 aliphatic rings. The van der Waals surface area contributed by atoms with E-state index in [2.05, 4.69) is 10.5 Å². The third-order valence-corrected chi connectivity index (χ3v) is 4.10. The quantitative estimate of drug-likeness (QED) is 0.911. The summed E-state index contributed by atoms with van der Waals surface area (Å²) in [5.41, 5.74) is 1.44. The molecule has 7 heteroatoms. The SMILES string of the molecule is Cc1noc(C)c1NC(=O)N1CCCC1c1ccc(F)cc1F. The van der Waals surface area contributed by atoms with Gasteiger partial charge in [-0.05, 0) is 32.8 Å². The molecular weight excluding hydrogens is 304 g/mol. The number of hydrogen-bond donors (Lipinski definition) is 1. The summed E-state index contributed by atoms with van der Waals surface area (Å²) >= 11 is 0. The normalized spacial score (nSPS) is 17.6. The molecule has 0 aliphatic carbocycles. The average molecular weight is 321 g/mol. The molecule has 2 aromatic rings. The van der Waals surface area contributed by atoms with Gasteiger partial charge in [-0.1, -0.05) is 11.2 Å². The number of anilines is 1. The van der Waals surface area contributed by atoms with E-state index < -0.39 is 17.7 Å². The molecule has 1 aliphatic heterocycles. The number of aryl methyl sites for hydroxylation is 2. The number of carbonyl (C=O) groups excluding carboxylic acids is 1. The Morgan fingerprint density at radius 1 is 1.39 bits per heavy atom. The zero-order chi connectivity index (χ0) is 16.6. The molecule has 0 spiro atoms. The van der Waals surface area contributed by atoms with Gasteiger partial charge in [0.15, 0.2) is 5.76 Å². The van der Waals surface area contributed by atoms with E-state index in [-0.39, 0.29) is 6.03 Å². The van der Waals surface area contributed by atoms with Crippen molar-refractivity contribution in [2.45, 2.75) is 32.7 Å². The van der Waals surface area contributed by atoms with Gasteiger partial charge in [0.25, 0.3) is 0 Å². The minimum atomic E-state index is -0.632. The summed E-state index contributed by atoms with van der Waals surface area (Å²) in [5.74, 6) is -0.748. The number of nitrogens with zero attached hydrogens (tertiary/aromatic N) is 2. The number of aromatic nitrogens is 1. The Bertz CT molecular complexity index is 725. The van der Waals surface area contributed by atoms with Gasteiger partial charge in [-0.15, -0.1) is 0 Å². The van der Waals surface area contributed by atoms with E-state index in [9.17, 15) is 13.6 Å². The average Bonchev–Trinajstić information content (AvgIpc) is 3.09. The van der Waals surface area contributed by atoms with Crippen LogP contribution in [-0.4, -0.2) is 22.6 Å². The summed E-state index contributed by atoms with van der Waals surface area (Å²) in [6.07, 6.45) is 1.40. The number of likely N-dealkylation sites (tertiary alicyclic amines) is 1. The first-order chi connectivity index (χ1) is 11.0. The maximum absolute atomic E-state index is 14.0. The number of carbonyl (C=O) groups is 1. The van der Waals surface area contributed by atoms with Crippen molar-refractivity contribution in [2.75, 3.05) is 11.9 Å². The first-order valence-electron chi connectivity index (χ1n) is 7.43. The summed E-state index contributed by atoms with van der Waals surface area (Å²) in [5, 5.41) is 6.55. The van der Waals surface area contributed by atoms with Crippen molar-refractivity contribution in [3.8, 4) is 0 Å². The van der Waals surface area contributed by atoms with Gasteiger partial charge in [0.2, 0.25) is 0 Å². The lowest BCUT2D eigenvalue weighted by atomic mass is 10.0. The number of amides is 2. The van der Waals surface area contributed by atoms with Crippen LogP contribution in [0.1, 0.15) is 35.9 Å².